The van der Waals surface area contributed by atoms with Gasteiger partial charge >= 0.3 is 0 Å². The predicted octanol–water partition coefficient (Wildman–Crippen LogP) is 2.91. The number of benzene rings is 1. The van der Waals surface area contributed by atoms with E-state index in [1.165, 1.54) is 0 Å². The fraction of sp³-hybridized carbons (Fsp3) is 0.308. The summed E-state index contributed by atoms with van der Waals surface area (Å²) in [5, 5.41) is 0. The molecule has 1 heterocycles. The van der Waals surface area contributed by atoms with Crippen molar-refractivity contribution in [1.29, 1.82) is 0 Å². The zero-order valence-corrected chi connectivity index (χ0v) is 11.4. The molecule has 0 fully saturated rings. The average Bonchev–Trinajstić information content (AvgIpc) is 2.76. The van der Waals surface area contributed by atoms with Gasteiger partial charge in [-0.15, -0.1) is 0 Å². The largest absolute Gasteiger partial charge is 0.335 e. The Morgan fingerprint density at radius 2 is 2.18 bits per heavy atom. The first-order valence-corrected chi connectivity index (χ1v) is 6.51. The summed E-state index contributed by atoms with van der Waals surface area (Å²) in [5.41, 5.74) is 7.35. The van der Waals surface area contributed by atoms with Crippen LogP contribution in [0.2, 0.25) is 0 Å². The van der Waals surface area contributed by atoms with Gasteiger partial charge in [0.25, 0.3) is 0 Å². The molecule has 0 radical (unpaired) electrons. The van der Waals surface area contributed by atoms with E-state index in [0.717, 1.165) is 28.8 Å². The lowest BCUT2D eigenvalue weighted by Gasteiger charge is -2.14. The zero-order chi connectivity index (χ0) is 12.3. The minimum Gasteiger partial charge on any atom is -0.335 e. The lowest BCUT2D eigenvalue weighted by atomic mass is 10.0. The van der Waals surface area contributed by atoms with Crippen LogP contribution in [0.5, 0.6) is 0 Å². The molecule has 17 heavy (non-hydrogen) atoms. The Hall–Kier alpha value is -1.13. The summed E-state index contributed by atoms with van der Waals surface area (Å²) >= 11 is 3.53. The first-order chi connectivity index (χ1) is 8.22. The fourth-order valence-electron chi connectivity index (χ4n) is 1.90. The first kappa shape index (κ1) is 12.3. The molecule has 0 saturated heterocycles. The van der Waals surface area contributed by atoms with Gasteiger partial charge in [0.1, 0.15) is 5.82 Å². The first-order valence-electron chi connectivity index (χ1n) is 5.72. The van der Waals surface area contributed by atoms with Gasteiger partial charge in [-0.3, -0.25) is 0 Å². The normalized spacial score (nSPS) is 12.6. The molecule has 90 valence electrons. The Kier molecular flexibility index (Phi) is 3.97. The van der Waals surface area contributed by atoms with Crippen molar-refractivity contribution >= 4 is 15.9 Å². The Bertz CT molecular complexity index is 493. The fourth-order valence-corrected chi connectivity index (χ4v) is 2.48. The highest BCUT2D eigenvalue weighted by molar-refractivity contribution is 9.10. The molecule has 3 nitrogen and oxygen atoms in total. The van der Waals surface area contributed by atoms with Crippen molar-refractivity contribution in [2.24, 2.45) is 5.73 Å². The van der Waals surface area contributed by atoms with E-state index in [-0.39, 0.29) is 6.04 Å². The second-order valence-corrected chi connectivity index (χ2v) is 4.82. The molecular formula is C13H16BrN3. The maximum absolute atomic E-state index is 6.23. The second kappa shape index (κ2) is 5.47. The van der Waals surface area contributed by atoms with Crippen molar-refractivity contribution in [3.63, 3.8) is 0 Å². The van der Waals surface area contributed by atoms with E-state index in [1.54, 1.807) is 0 Å². The molecule has 1 atom stereocenters. The number of hydrogen-bond acceptors (Lipinski definition) is 2. The van der Waals surface area contributed by atoms with Crippen LogP contribution in [0.4, 0.5) is 0 Å². The van der Waals surface area contributed by atoms with Gasteiger partial charge in [0.15, 0.2) is 0 Å². The molecule has 2 aromatic rings. The van der Waals surface area contributed by atoms with Crippen LogP contribution in [-0.4, -0.2) is 9.55 Å². The molecule has 1 unspecified atom stereocenters. The molecule has 0 saturated carbocycles. The number of hydrogen-bond donors (Lipinski definition) is 1. The Morgan fingerprint density at radius 3 is 2.88 bits per heavy atom. The summed E-state index contributed by atoms with van der Waals surface area (Å²) in [6, 6.07) is 8.04. The zero-order valence-electron chi connectivity index (χ0n) is 9.81. The topological polar surface area (TPSA) is 43.8 Å². The highest BCUT2D eigenvalue weighted by atomic mass is 79.9. The van der Waals surface area contributed by atoms with E-state index in [9.17, 15) is 0 Å². The quantitative estimate of drug-likeness (QED) is 0.942. The van der Waals surface area contributed by atoms with Crippen molar-refractivity contribution in [2.45, 2.75) is 25.9 Å². The van der Waals surface area contributed by atoms with Crippen molar-refractivity contribution in [2.75, 3.05) is 0 Å². The molecule has 0 amide bonds. The lowest BCUT2D eigenvalue weighted by Crippen LogP contribution is -2.16. The standard InChI is InChI=1S/C13H16BrN3/c1-2-17-8-7-16-13(17)9-12(15)10-5-3-4-6-11(10)14/h3-8,12H,2,9,15H2,1H3. The summed E-state index contributed by atoms with van der Waals surface area (Å²) in [5.74, 6) is 1.04. The SMILES string of the molecule is CCn1ccnc1CC(N)c1ccccc1Br. The molecule has 0 spiro atoms. The molecule has 4 heteroatoms. The van der Waals surface area contributed by atoms with Crippen LogP contribution in [0.3, 0.4) is 0 Å². The van der Waals surface area contributed by atoms with Crippen LogP contribution >= 0.6 is 15.9 Å². The van der Waals surface area contributed by atoms with Crippen molar-refractivity contribution < 1.29 is 0 Å². The monoisotopic (exact) mass is 293 g/mol. The van der Waals surface area contributed by atoms with E-state index >= 15 is 0 Å². The smallest absolute Gasteiger partial charge is 0.110 e. The van der Waals surface area contributed by atoms with Gasteiger partial charge in [0.2, 0.25) is 0 Å². The van der Waals surface area contributed by atoms with Gasteiger partial charge < -0.3 is 10.3 Å². The van der Waals surface area contributed by atoms with Crippen LogP contribution in [0, 0.1) is 0 Å². The van der Waals surface area contributed by atoms with Gasteiger partial charge in [0.05, 0.1) is 0 Å². The molecule has 1 aromatic carbocycles. The van der Waals surface area contributed by atoms with E-state index in [2.05, 4.69) is 32.4 Å². The van der Waals surface area contributed by atoms with Crippen LogP contribution in [0.1, 0.15) is 24.4 Å². The van der Waals surface area contributed by atoms with Gasteiger partial charge in [0, 0.05) is 35.9 Å². The summed E-state index contributed by atoms with van der Waals surface area (Å²) in [6.45, 7) is 3.03. The lowest BCUT2D eigenvalue weighted by molar-refractivity contribution is 0.627. The maximum atomic E-state index is 6.23. The third-order valence-corrected chi connectivity index (χ3v) is 3.57. The Morgan fingerprint density at radius 1 is 1.41 bits per heavy atom. The number of rotatable bonds is 4. The highest BCUT2D eigenvalue weighted by Crippen LogP contribution is 2.23. The number of halogens is 1. The van der Waals surface area contributed by atoms with Crippen molar-refractivity contribution in [1.82, 2.24) is 9.55 Å². The molecule has 0 aliphatic carbocycles. The summed E-state index contributed by atoms with van der Waals surface area (Å²) in [6.07, 6.45) is 4.57. The van der Waals surface area contributed by atoms with Gasteiger partial charge in [-0.2, -0.15) is 0 Å². The van der Waals surface area contributed by atoms with Gasteiger partial charge in [-0.25, -0.2) is 4.98 Å². The van der Waals surface area contributed by atoms with Crippen LogP contribution in [0.25, 0.3) is 0 Å². The van der Waals surface area contributed by atoms with Crippen LogP contribution < -0.4 is 5.73 Å². The third-order valence-electron chi connectivity index (χ3n) is 2.85. The number of nitrogens with two attached hydrogens (primary N) is 1. The second-order valence-electron chi connectivity index (χ2n) is 3.96. The summed E-state index contributed by atoms with van der Waals surface area (Å²) in [7, 11) is 0. The van der Waals surface area contributed by atoms with E-state index < -0.39 is 0 Å². The van der Waals surface area contributed by atoms with E-state index in [4.69, 9.17) is 5.73 Å². The molecule has 0 bridgehead atoms. The molecule has 1 aromatic heterocycles. The van der Waals surface area contributed by atoms with E-state index in [1.807, 2.05) is 36.7 Å². The molecule has 0 aliphatic heterocycles. The number of imidazole rings is 1. The minimum atomic E-state index is -0.0294. The number of nitrogens with zero attached hydrogens (tertiary/aromatic N) is 2. The molecule has 2 N–H and O–H groups in total. The van der Waals surface area contributed by atoms with Gasteiger partial charge in [-0.1, -0.05) is 34.1 Å². The third kappa shape index (κ3) is 2.76. The highest BCUT2D eigenvalue weighted by Gasteiger charge is 2.12. The van der Waals surface area contributed by atoms with Crippen molar-refractivity contribution in [3.05, 3.63) is 52.5 Å². The average molecular weight is 294 g/mol. The molecular weight excluding hydrogens is 278 g/mol. The minimum absolute atomic E-state index is 0.0294. The Labute approximate surface area is 110 Å². The Balaban J connectivity index is 2.17. The van der Waals surface area contributed by atoms with Crippen LogP contribution in [-0.2, 0) is 13.0 Å². The molecule has 0 aliphatic rings. The summed E-state index contributed by atoms with van der Waals surface area (Å²) in [4.78, 5) is 4.35. The number of aromatic nitrogens is 2. The maximum Gasteiger partial charge on any atom is 0.110 e. The van der Waals surface area contributed by atoms with Gasteiger partial charge in [-0.05, 0) is 18.6 Å². The van der Waals surface area contributed by atoms with E-state index in [0.29, 0.717) is 0 Å². The predicted molar refractivity (Wildman–Crippen MR) is 72.7 cm³/mol. The molecule has 2 rings (SSSR count). The number of aryl methyl sites for hydroxylation is 1. The van der Waals surface area contributed by atoms with Crippen molar-refractivity contribution in [3.8, 4) is 0 Å². The summed E-state index contributed by atoms with van der Waals surface area (Å²) < 4.78 is 3.18. The van der Waals surface area contributed by atoms with Crippen LogP contribution in [0.15, 0.2) is 41.1 Å².